The molecule has 0 aliphatic heterocycles. The molecule has 2 aromatic carbocycles. The Morgan fingerprint density at radius 1 is 0.784 bits per heavy atom. The fourth-order valence-electron chi connectivity index (χ4n) is 6.69. The highest BCUT2D eigenvalue weighted by atomic mass is 19.2. The van der Waals surface area contributed by atoms with Crippen LogP contribution in [0.5, 0.6) is 5.75 Å². The van der Waals surface area contributed by atoms with Gasteiger partial charge in [0.05, 0.1) is 19.0 Å². The Hall–Kier alpha value is -8.12. The van der Waals surface area contributed by atoms with Crippen molar-refractivity contribution in [2.45, 2.75) is 124 Å². The van der Waals surface area contributed by atoms with Gasteiger partial charge in [0, 0.05) is 55.3 Å². The highest BCUT2D eigenvalue weighted by molar-refractivity contribution is 6.00. The van der Waals surface area contributed by atoms with E-state index in [1.807, 2.05) is 6.92 Å². The second kappa shape index (κ2) is 25.5. The van der Waals surface area contributed by atoms with Crippen molar-refractivity contribution in [3.63, 3.8) is 0 Å². The quantitative estimate of drug-likeness (QED) is 0.0236. The molecule has 0 bridgehead atoms. The largest absolute Gasteiger partial charge is 0.494 e. The first-order chi connectivity index (χ1) is 34.6. The van der Waals surface area contributed by atoms with E-state index in [1.165, 1.54) is 31.6 Å². The van der Waals surface area contributed by atoms with E-state index in [1.54, 1.807) is 91.1 Å². The zero-order valence-electron chi connectivity index (χ0n) is 43.2. The number of alkyl carbamates (subject to hydrolysis) is 2. The van der Waals surface area contributed by atoms with Gasteiger partial charge in [0.15, 0.2) is 23.0 Å². The zero-order valence-corrected chi connectivity index (χ0v) is 43.2. The number of aromatic nitrogens is 3. The lowest BCUT2D eigenvalue weighted by molar-refractivity contribution is -0.137. The van der Waals surface area contributed by atoms with Crippen LogP contribution in [-0.4, -0.2) is 123 Å². The Morgan fingerprint density at radius 2 is 1.45 bits per heavy atom. The second-order valence-corrected chi connectivity index (χ2v) is 19.4. The number of hydrogen-bond donors (Lipinski definition) is 8. The van der Waals surface area contributed by atoms with E-state index in [2.05, 4.69) is 52.2 Å². The third-order valence-corrected chi connectivity index (χ3v) is 9.88. The van der Waals surface area contributed by atoms with Crippen molar-refractivity contribution >= 4 is 65.1 Å². The van der Waals surface area contributed by atoms with Crippen molar-refractivity contribution in [1.29, 1.82) is 0 Å². The maximum absolute atomic E-state index is 15.0. The minimum absolute atomic E-state index is 0.0382. The molecule has 402 valence electrons. The highest BCUT2D eigenvalue weighted by Crippen LogP contribution is 2.32. The van der Waals surface area contributed by atoms with Crippen molar-refractivity contribution in [1.82, 2.24) is 46.3 Å². The lowest BCUT2D eigenvalue weighted by Crippen LogP contribution is -2.58. The van der Waals surface area contributed by atoms with Gasteiger partial charge < -0.3 is 56.0 Å². The number of halogens is 2. The van der Waals surface area contributed by atoms with E-state index in [-0.39, 0.29) is 36.5 Å². The fourth-order valence-corrected chi connectivity index (χ4v) is 6.69. The summed E-state index contributed by atoms with van der Waals surface area (Å²) in [4.78, 5) is 103. The number of methoxy groups -OCH3 is 1. The number of anilines is 2. The average Bonchev–Trinajstić information content (AvgIpc) is 3.72. The van der Waals surface area contributed by atoms with Crippen molar-refractivity contribution in [2.24, 2.45) is 4.99 Å². The molecule has 23 nitrogen and oxygen atoms in total. The number of rotatable bonds is 19. The van der Waals surface area contributed by atoms with Gasteiger partial charge in [0.25, 0.3) is 5.91 Å². The molecule has 8 N–H and O–H groups in total. The molecule has 6 amide bonds. The number of imidazole rings is 1. The van der Waals surface area contributed by atoms with Crippen LogP contribution in [0.1, 0.15) is 104 Å². The molecule has 74 heavy (non-hydrogen) atoms. The number of aliphatic imine (C=N–C) groups is 1. The second-order valence-electron chi connectivity index (χ2n) is 19.4. The molecule has 2 aromatic heterocycles. The van der Waals surface area contributed by atoms with E-state index in [0.29, 0.717) is 34.7 Å². The molecule has 0 fully saturated rings. The number of nitrogens with one attached hydrogen (secondary N) is 7. The molecule has 2 unspecified atom stereocenters. The SMILES string of the molecule is CCc1cc(Nc2nccn3c(-c4ccc(OC)c(F)c4F)cnc23)ccc1C(=O)NCCCNC(=O)C(CN/C(=N\C(=O)OC(C)(C)C)NC(=O)OC(C)(C)C)NC(=O)C(CCC(=O)O)NC(=O)OC(C)(C)C. The van der Waals surface area contributed by atoms with Crippen LogP contribution in [0.15, 0.2) is 53.9 Å². The number of aryl methyl sites for hydroxylation is 1. The molecule has 0 saturated carbocycles. The van der Waals surface area contributed by atoms with Gasteiger partial charge in [-0.2, -0.15) is 4.39 Å². The number of carboxylic acids is 1. The van der Waals surface area contributed by atoms with Crippen molar-refractivity contribution in [3.8, 4) is 17.0 Å². The van der Waals surface area contributed by atoms with Crippen LogP contribution in [-0.2, 0) is 35.0 Å². The van der Waals surface area contributed by atoms with Crippen LogP contribution in [0, 0.1) is 11.6 Å². The number of nitrogens with zero attached hydrogens (tertiary/aromatic N) is 4. The normalized spacial score (nSPS) is 12.6. The van der Waals surface area contributed by atoms with E-state index >= 15 is 4.39 Å². The molecular weight excluding hydrogens is 973 g/mol. The standard InChI is InChI=1S/C49H65F2N11O12/c1-12-27-24-28(57-38-39-55-26-33(62(39)23-22-52-38)30-16-18-34(71-11)37(51)36(30)50)14-15-29(27)40(65)53-20-13-21-54-41(66)32(58-42(67)31(17-19-35(63)64)59-44(68)72-47(2,3)4)25-56-43(60-45(69)73-48(5,6)7)61-46(70)74-49(8,9)10/h14-16,18,22-24,26,31-32H,12-13,17,19-21,25H2,1-11H3,(H,52,57)(H,53,65)(H,54,66)(H,58,67)(H,59,68)(H,63,64)(H2,56,60,61,69,70). The van der Waals surface area contributed by atoms with Gasteiger partial charge in [-0.1, -0.05) is 6.92 Å². The number of ether oxygens (including phenoxy) is 4. The average molecular weight is 1040 g/mol. The highest BCUT2D eigenvalue weighted by Gasteiger charge is 2.30. The minimum atomic E-state index is -1.54. The van der Waals surface area contributed by atoms with Crippen LogP contribution in [0.2, 0.25) is 0 Å². The summed E-state index contributed by atoms with van der Waals surface area (Å²) >= 11 is 0. The summed E-state index contributed by atoms with van der Waals surface area (Å²) in [5.41, 5.74) is -0.804. The molecule has 4 rings (SSSR count). The van der Waals surface area contributed by atoms with E-state index < -0.39 is 108 Å². The monoisotopic (exact) mass is 1040 g/mol. The maximum atomic E-state index is 15.0. The third kappa shape index (κ3) is 18.2. The van der Waals surface area contributed by atoms with Gasteiger partial charge in [0.1, 0.15) is 28.9 Å². The van der Waals surface area contributed by atoms with Crippen molar-refractivity contribution < 1.29 is 66.4 Å². The summed E-state index contributed by atoms with van der Waals surface area (Å²) in [7, 11) is 1.24. The molecule has 25 heteroatoms. The van der Waals surface area contributed by atoms with Gasteiger partial charge in [-0.15, -0.1) is 4.99 Å². The first kappa shape index (κ1) is 58.5. The summed E-state index contributed by atoms with van der Waals surface area (Å²) in [6.07, 6.45) is 0.915. The van der Waals surface area contributed by atoms with Crippen LogP contribution >= 0.6 is 0 Å². The molecule has 0 aliphatic carbocycles. The Labute approximate surface area is 426 Å². The van der Waals surface area contributed by atoms with Crippen LogP contribution in [0.25, 0.3) is 16.9 Å². The van der Waals surface area contributed by atoms with E-state index in [0.717, 1.165) is 0 Å². The first-order valence-electron chi connectivity index (χ1n) is 23.5. The molecule has 0 spiro atoms. The fraction of sp³-hybridized carbons (Fsp3) is 0.469. The number of guanidine groups is 1. The van der Waals surface area contributed by atoms with Crippen LogP contribution in [0.4, 0.5) is 34.7 Å². The Morgan fingerprint density at radius 3 is 2.08 bits per heavy atom. The van der Waals surface area contributed by atoms with Crippen molar-refractivity contribution in [2.75, 3.05) is 32.1 Å². The Bertz CT molecular complexity index is 2730. The lowest BCUT2D eigenvalue weighted by Gasteiger charge is -2.26. The number of benzene rings is 2. The smallest absolute Gasteiger partial charge is 0.437 e. The number of carboxylic acid groups (broad SMARTS) is 1. The van der Waals surface area contributed by atoms with Gasteiger partial charge in [-0.05, 0) is 117 Å². The topological polar surface area (TPSA) is 303 Å². The summed E-state index contributed by atoms with van der Waals surface area (Å²) < 4.78 is 51.9. The number of fused-ring (bicyclic) bond motifs is 1. The van der Waals surface area contributed by atoms with E-state index in [4.69, 9.17) is 18.9 Å². The van der Waals surface area contributed by atoms with Gasteiger partial charge in [-0.25, -0.2) is 28.7 Å². The molecule has 0 saturated heterocycles. The first-order valence-corrected chi connectivity index (χ1v) is 23.5. The molecule has 4 aromatic rings. The third-order valence-electron chi connectivity index (χ3n) is 9.88. The summed E-state index contributed by atoms with van der Waals surface area (Å²) in [5.74, 6) is -6.17. The molecule has 2 heterocycles. The summed E-state index contributed by atoms with van der Waals surface area (Å²) in [5, 5.41) is 27.8. The number of hydrogen-bond acceptors (Lipinski definition) is 14. The number of carbonyl (C=O) groups is 7. The number of carbonyl (C=O) groups excluding carboxylic acids is 6. The van der Waals surface area contributed by atoms with Crippen LogP contribution in [0.3, 0.4) is 0 Å². The lowest BCUT2D eigenvalue weighted by atomic mass is 10.0. The predicted octanol–water partition coefficient (Wildman–Crippen LogP) is 5.87. The Kier molecular flexibility index (Phi) is 20.1. The van der Waals surface area contributed by atoms with Gasteiger partial charge in [-0.3, -0.25) is 28.9 Å². The minimum Gasteiger partial charge on any atom is -0.494 e. The molecule has 2 atom stereocenters. The number of aliphatic carboxylic acids is 1. The Balaban J connectivity index is 1.47. The summed E-state index contributed by atoms with van der Waals surface area (Å²) in [6, 6.07) is 4.70. The van der Waals surface area contributed by atoms with E-state index in [9.17, 15) is 43.1 Å². The summed E-state index contributed by atoms with van der Waals surface area (Å²) in [6.45, 7) is 15.6. The van der Waals surface area contributed by atoms with Gasteiger partial charge >= 0.3 is 24.2 Å². The van der Waals surface area contributed by atoms with Crippen molar-refractivity contribution in [3.05, 3.63) is 71.7 Å². The zero-order chi connectivity index (χ0) is 55.1. The molecule has 0 radical (unpaired) electrons. The van der Waals surface area contributed by atoms with Gasteiger partial charge in [0.2, 0.25) is 23.6 Å². The molecular formula is C49H65F2N11O12. The van der Waals surface area contributed by atoms with Crippen LogP contribution < -0.4 is 42.0 Å². The molecule has 0 aliphatic rings. The maximum Gasteiger partial charge on any atom is 0.437 e. The predicted molar refractivity (Wildman–Crippen MR) is 267 cm³/mol. The number of amides is 6.